The molecule has 1 atom stereocenters. The van der Waals surface area contributed by atoms with Gasteiger partial charge in [0.25, 0.3) is 5.91 Å². The lowest BCUT2D eigenvalue weighted by atomic mass is 9.95. The Morgan fingerprint density at radius 2 is 1.72 bits per heavy atom. The highest BCUT2D eigenvalue weighted by Gasteiger charge is 2.36. The molecule has 4 heterocycles. The molecule has 2 saturated heterocycles. The summed E-state index contributed by atoms with van der Waals surface area (Å²) >= 11 is 0. The Kier molecular flexibility index (Phi) is 7.70. The summed E-state index contributed by atoms with van der Waals surface area (Å²) in [5.41, 5.74) is 1.82. The summed E-state index contributed by atoms with van der Waals surface area (Å²) in [7, 11) is 1.64. The molecular weight excluding hydrogens is 456 g/mol. The van der Waals surface area contributed by atoms with Gasteiger partial charge < -0.3 is 14.1 Å². The van der Waals surface area contributed by atoms with Crippen molar-refractivity contribution in [2.24, 2.45) is 11.0 Å². The van der Waals surface area contributed by atoms with E-state index in [9.17, 15) is 9.59 Å². The van der Waals surface area contributed by atoms with Crippen molar-refractivity contribution in [1.82, 2.24) is 14.8 Å². The van der Waals surface area contributed by atoms with Crippen LogP contribution in [0.15, 0.2) is 52.2 Å². The van der Waals surface area contributed by atoms with Crippen molar-refractivity contribution < 1.29 is 18.7 Å². The topological polar surface area (TPSA) is 78.6 Å². The zero-order chi connectivity index (χ0) is 24.9. The molecule has 36 heavy (non-hydrogen) atoms. The lowest BCUT2D eigenvalue weighted by Crippen LogP contribution is -2.45. The number of piperidine rings is 1. The van der Waals surface area contributed by atoms with Crippen molar-refractivity contribution in [3.05, 3.63) is 54.0 Å². The van der Waals surface area contributed by atoms with Crippen LogP contribution in [0, 0.1) is 5.92 Å². The predicted octanol–water partition coefficient (Wildman–Crippen LogP) is 4.08. The number of hydrazone groups is 1. The Hall–Kier alpha value is -3.13. The number of likely N-dealkylation sites (tertiary alicyclic amines) is 2. The van der Waals surface area contributed by atoms with Crippen LogP contribution in [-0.4, -0.2) is 72.2 Å². The molecule has 8 nitrogen and oxygen atoms in total. The van der Waals surface area contributed by atoms with Gasteiger partial charge in [-0.05, 0) is 80.7 Å². The Bertz CT molecular complexity index is 1050. The number of rotatable bonds is 6. The van der Waals surface area contributed by atoms with Gasteiger partial charge in [-0.3, -0.25) is 14.5 Å². The molecule has 1 aromatic heterocycles. The van der Waals surface area contributed by atoms with Crippen molar-refractivity contribution in [3.63, 3.8) is 0 Å². The van der Waals surface area contributed by atoms with Crippen LogP contribution in [0.3, 0.4) is 0 Å². The van der Waals surface area contributed by atoms with Crippen molar-refractivity contribution in [2.75, 3.05) is 39.8 Å². The van der Waals surface area contributed by atoms with Gasteiger partial charge in [0.2, 0.25) is 5.91 Å². The number of carbonyl (C=O) groups excluding carboxylic acids is 2. The molecule has 2 amide bonds. The number of hydrogen-bond donors (Lipinski definition) is 0. The largest absolute Gasteiger partial charge is 0.497 e. The third-order valence-electron chi connectivity index (χ3n) is 7.67. The molecule has 2 fully saturated rings. The van der Waals surface area contributed by atoms with E-state index < -0.39 is 0 Å². The fourth-order valence-corrected chi connectivity index (χ4v) is 5.55. The minimum atomic E-state index is -0.258. The summed E-state index contributed by atoms with van der Waals surface area (Å²) in [6, 6.07) is 11.2. The van der Waals surface area contributed by atoms with Crippen molar-refractivity contribution in [1.29, 1.82) is 0 Å². The fraction of sp³-hybridized carbons (Fsp3) is 0.536. The smallest absolute Gasteiger partial charge is 0.257 e. The molecule has 3 aliphatic heterocycles. The van der Waals surface area contributed by atoms with Crippen LogP contribution in [0.25, 0.3) is 0 Å². The first-order valence-corrected chi connectivity index (χ1v) is 13.2. The summed E-state index contributed by atoms with van der Waals surface area (Å²) in [4.78, 5) is 30.7. The molecule has 0 N–H and O–H groups in total. The van der Waals surface area contributed by atoms with Crippen molar-refractivity contribution in [3.8, 4) is 5.75 Å². The summed E-state index contributed by atoms with van der Waals surface area (Å²) in [5, 5.41) is 6.33. The third-order valence-corrected chi connectivity index (χ3v) is 7.67. The molecule has 192 valence electrons. The van der Waals surface area contributed by atoms with Crippen LogP contribution in [0.5, 0.6) is 5.75 Å². The molecule has 5 rings (SSSR count). The van der Waals surface area contributed by atoms with Gasteiger partial charge in [0.1, 0.15) is 17.6 Å². The third kappa shape index (κ3) is 5.48. The molecule has 3 aliphatic rings. The van der Waals surface area contributed by atoms with Gasteiger partial charge in [0, 0.05) is 25.4 Å². The number of furan rings is 1. The number of amides is 2. The number of benzene rings is 1. The number of ether oxygens (including phenoxy) is 1. The summed E-state index contributed by atoms with van der Waals surface area (Å²) in [6.45, 7) is 3.60. The van der Waals surface area contributed by atoms with Gasteiger partial charge in [0.15, 0.2) is 0 Å². The second-order valence-corrected chi connectivity index (χ2v) is 10.0. The quantitative estimate of drug-likeness (QED) is 0.607. The van der Waals surface area contributed by atoms with E-state index in [1.165, 1.54) is 12.8 Å². The van der Waals surface area contributed by atoms with Gasteiger partial charge in [-0.15, -0.1) is 0 Å². The van der Waals surface area contributed by atoms with E-state index in [0.29, 0.717) is 18.9 Å². The molecule has 1 aromatic carbocycles. The maximum absolute atomic E-state index is 13.4. The van der Waals surface area contributed by atoms with E-state index in [2.05, 4.69) is 9.80 Å². The van der Waals surface area contributed by atoms with E-state index in [1.807, 2.05) is 36.4 Å². The van der Waals surface area contributed by atoms with Crippen LogP contribution in [-0.2, 0) is 9.59 Å². The maximum atomic E-state index is 13.4. The lowest BCUT2D eigenvalue weighted by molar-refractivity contribution is -0.138. The lowest BCUT2D eigenvalue weighted by Gasteiger charge is -2.34. The van der Waals surface area contributed by atoms with Crippen LogP contribution < -0.4 is 4.74 Å². The van der Waals surface area contributed by atoms with Gasteiger partial charge >= 0.3 is 0 Å². The maximum Gasteiger partial charge on any atom is 0.257 e. The first kappa shape index (κ1) is 24.6. The summed E-state index contributed by atoms with van der Waals surface area (Å²) in [6.07, 6.45) is 8.53. The number of nitrogens with zero attached hydrogens (tertiary/aromatic N) is 4. The molecule has 0 aliphatic carbocycles. The number of methoxy groups -OCH3 is 1. The standard InChI is InChI=1S/C28H36N4O4/c1-35-23-10-8-21(9-11-23)24-19-25(26-7-6-18-36-26)32(29-24)27(33)20-30-16-12-22(13-17-30)28(34)31-14-4-2-3-5-15-31/h6-11,18,22,25H,2-5,12-17,19-20H2,1H3. The average molecular weight is 493 g/mol. The zero-order valence-corrected chi connectivity index (χ0v) is 21.1. The molecule has 8 heteroatoms. The molecule has 0 spiro atoms. The number of carbonyl (C=O) groups is 2. The van der Waals surface area contributed by atoms with E-state index in [0.717, 1.165) is 74.6 Å². The van der Waals surface area contributed by atoms with Crippen LogP contribution in [0.1, 0.15) is 62.3 Å². The monoisotopic (exact) mass is 492 g/mol. The van der Waals surface area contributed by atoms with E-state index in [-0.39, 0.29) is 17.9 Å². The molecule has 0 bridgehead atoms. The Morgan fingerprint density at radius 1 is 1.00 bits per heavy atom. The molecular formula is C28H36N4O4. The van der Waals surface area contributed by atoms with Crippen LogP contribution >= 0.6 is 0 Å². The normalized spacial score (nSPS) is 21.8. The fourth-order valence-electron chi connectivity index (χ4n) is 5.55. The van der Waals surface area contributed by atoms with E-state index in [4.69, 9.17) is 14.3 Å². The summed E-state index contributed by atoms with van der Waals surface area (Å²) < 4.78 is 10.9. The SMILES string of the molecule is COc1ccc(C2=NN(C(=O)CN3CCC(C(=O)N4CCCCCC4)CC3)C(c3ccco3)C2)cc1. The highest BCUT2D eigenvalue weighted by Crippen LogP contribution is 2.34. The highest BCUT2D eigenvalue weighted by molar-refractivity contribution is 6.03. The van der Waals surface area contributed by atoms with Crippen LogP contribution in [0.2, 0.25) is 0 Å². The van der Waals surface area contributed by atoms with Crippen LogP contribution in [0.4, 0.5) is 0 Å². The Balaban J connectivity index is 1.22. The van der Waals surface area contributed by atoms with Gasteiger partial charge in [-0.25, -0.2) is 5.01 Å². The minimum Gasteiger partial charge on any atom is -0.497 e. The summed E-state index contributed by atoms with van der Waals surface area (Å²) in [5.74, 6) is 1.87. The van der Waals surface area contributed by atoms with E-state index in [1.54, 1.807) is 18.4 Å². The molecule has 0 radical (unpaired) electrons. The predicted molar refractivity (Wildman–Crippen MR) is 137 cm³/mol. The molecule has 1 unspecified atom stereocenters. The molecule has 2 aromatic rings. The Morgan fingerprint density at radius 3 is 2.36 bits per heavy atom. The van der Waals surface area contributed by atoms with Gasteiger partial charge in [-0.1, -0.05) is 12.8 Å². The van der Waals surface area contributed by atoms with Crippen molar-refractivity contribution in [2.45, 2.75) is 51.0 Å². The highest BCUT2D eigenvalue weighted by atomic mass is 16.5. The first-order valence-electron chi connectivity index (χ1n) is 13.2. The molecule has 0 saturated carbocycles. The second-order valence-electron chi connectivity index (χ2n) is 10.0. The zero-order valence-electron chi connectivity index (χ0n) is 21.1. The first-order chi connectivity index (χ1) is 17.6. The van der Waals surface area contributed by atoms with Crippen molar-refractivity contribution >= 4 is 17.5 Å². The second kappa shape index (κ2) is 11.3. The average Bonchev–Trinajstić information content (AvgIpc) is 3.53. The minimum absolute atomic E-state index is 0.0443. The number of hydrogen-bond acceptors (Lipinski definition) is 6. The van der Waals surface area contributed by atoms with Gasteiger partial charge in [-0.2, -0.15) is 5.10 Å². The Labute approximate surface area is 212 Å². The van der Waals surface area contributed by atoms with E-state index >= 15 is 0 Å². The van der Waals surface area contributed by atoms with Gasteiger partial charge in [0.05, 0.1) is 25.6 Å².